The fraction of sp³-hybridized carbons (Fsp3) is 0.250. The van der Waals surface area contributed by atoms with E-state index in [-0.39, 0.29) is 0 Å². The highest BCUT2D eigenvalue weighted by Gasteiger charge is 2.12. The third kappa shape index (κ3) is 3.53. The van der Waals surface area contributed by atoms with Crippen LogP contribution in [-0.2, 0) is 13.7 Å². The SMILES string of the molecule is CC(C)c1cnnc(Nc2ccc3ncc(-c4cn(C)nc4CF)cc3n2)c1. The predicted octanol–water partition coefficient (Wildman–Crippen LogP) is 4.16. The Morgan fingerprint density at radius 3 is 2.75 bits per heavy atom. The summed E-state index contributed by atoms with van der Waals surface area (Å²) in [6.07, 6.45) is 5.26. The zero-order valence-electron chi connectivity index (χ0n) is 15.9. The zero-order chi connectivity index (χ0) is 19.7. The number of pyridine rings is 2. The maximum atomic E-state index is 13.3. The molecular formula is C20H20FN7. The third-order valence-electron chi connectivity index (χ3n) is 4.48. The molecular weight excluding hydrogens is 357 g/mol. The van der Waals surface area contributed by atoms with Crippen LogP contribution in [0.25, 0.3) is 22.2 Å². The Hall–Kier alpha value is -3.42. The van der Waals surface area contributed by atoms with E-state index < -0.39 is 6.67 Å². The molecule has 0 saturated heterocycles. The number of aromatic nitrogens is 6. The Kier molecular flexibility index (Phi) is 4.68. The van der Waals surface area contributed by atoms with Gasteiger partial charge in [-0.15, -0.1) is 5.10 Å². The normalized spacial score (nSPS) is 11.3. The largest absolute Gasteiger partial charge is 0.323 e. The van der Waals surface area contributed by atoms with Crippen molar-refractivity contribution in [3.63, 3.8) is 0 Å². The molecule has 4 rings (SSSR count). The number of nitrogens with zero attached hydrogens (tertiary/aromatic N) is 6. The highest BCUT2D eigenvalue weighted by molar-refractivity contribution is 5.82. The van der Waals surface area contributed by atoms with Gasteiger partial charge in [-0.2, -0.15) is 10.2 Å². The molecule has 142 valence electrons. The van der Waals surface area contributed by atoms with Gasteiger partial charge < -0.3 is 5.32 Å². The highest BCUT2D eigenvalue weighted by atomic mass is 19.1. The first-order valence-corrected chi connectivity index (χ1v) is 8.99. The van der Waals surface area contributed by atoms with E-state index in [2.05, 4.69) is 44.4 Å². The van der Waals surface area contributed by atoms with Gasteiger partial charge in [0.1, 0.15) is 18.2 Å². The van der Waals surface area contributed by atoms with E-state index >= 15 is 0 Å². The second-order valence-corrected chi connectivity index (χ2v) is 6.91. The summed E-state index contributed by atoms with van der Waals surface area (Å²) < 4.78 is 14.9. The van der Waals surface area contributed by atoms with Crippen LogP contribution in [0, 0.1) is 0 Å². The Labute approximate surface area is 161 Å². The number of hydrogen-bond donors (Lipinski definition) is 1. The summed E-state index contributed by atoms with van der Waals surface area (Å²) in [6.45, 7) is 3.58. The molecule has 0 aromatic carbocycles. The molecule has 0 fully saturated rings. The van der Waals surface area contributed by atoms with E-state index in [0.717, 1.165) is 22.2 Å². The number of anilines is 2. The minimum absolute atomic E-state index is 0.358. The predicted molar refractivity (Wildman–Crippen MR) is 106 cm³/mol. The molecule has 1 N–H and O–H groups in total. The monoisotopic (exact) mass is 377 g/mol. The van der Waals surface area contributed by atoms with Gasteiger partial charge in [0.15, 0.2) is 5.82 Å². The number of aryl methyl sites for hydroxylation is 1. The lowest BCUT2D eigenvalue weighted by atomic mass is 10.1. The molecule has 4 heterocycles. The van der Waals surface area contributed by atoms with Crippen LogP contribution in [0.15, 0.2) is 42.9 Å². The molecule has 0 aliphatic heterocycles. The number of rotatable bonds is 5. The average molecular weight is 377 g/mol. The summed E-state index contributed by atoms with van der Waals surface area (Å²) in [5, 5.41) is 15.5. The smallest absolute Gasteiger partial charge is 0.154 e. The van der Waals surface area contributed by atoms with Crippen molar-refractivity contribution in [3.8, 4) is 11.1 Å². The van der Waals surface area contributed by atoms with E-state index in [4.69, 9.17) is 0 Å². The zero-order valence-corrected chi connectivity index (χ0v) is 15.9. The van der Waals surface area contributed by atoms with Crippen molar-refractivity contribution in [3.05, 3.63) is 54.1 Å². The van der Waals surface area contributed by atoms with Gasteiger partial charge in [0.05, 0.1) is 17.2 Å². The van der Waals surface area contributed by atoms with Crippen molar-refractivity contribution >= 4 is 22.7 Å². The lowest BCUT2D eigenvalue weighted by Crippen LogP contribution is -2.00. The van der Waals surface area contributed by atoms with Crippen molar-refractivity contribution in [2.75, 3.05) is 5.32 Å². The number of fused-ring (bicyclic) bond motifs is 1. The summed E-state index contributed by atoms with van der Waals surface area (Å²) in [4.78, 5) is 9.08. The summed E-state index contributed by atoms with van der Waals surface area (Å²) in [5.41, 5.74) is 4.43. The molecule has 4 aromatic heterocycles. The molecule has 0 radical (unpaired) electrons. The number of alkyl halides is 1. The first-order chi connectivity index (χ1) is 13.5. The van der Waals surface area contributed by atoms with Crippen LogP contribution >= 0.6 is 0 Å². The molecule has 0 spiro atoms. The Morgan fingerprint density at radius 1 is 1.11 bits per heavy atom. The van der Waals surface area contributed by atoms with Gasteiger partial charge in [-0.25, -0.2) is 9.37 Å². The van der Waals surface area contributed by atoms with Crippen LogP contribution in [0.4, 0.5) is 16.0 Å². The van der Waals surface area contributed by atoms with Crippen LogP contribution in [0.2, 0.25) is 0 Å². The van der Waals surface area contributed by atoms with E-state index in [1.165, 1.54) is 0 Å². The number of hydrogen-bond acceptors (Lipinski definition) is 6. The average Bonchev–Trinajstić information content (AvgIpc) is 3.08. The van der Waals surface area contributed by atoms with E-state index in [9.17, 15) is 4.39 Å². The maximum Gasteiger partial charge on any atom is 0.154 e. The first-order valence-electron chi connectivity index (χ1n) is 8.99. The molecule has 0 aliphatic carbocycles. The molecule has 0 unspecified atom stereocenters. The van der Waals surface area contributed by atoms with Crippen LogP contribution in [0.1, 0.15) is 31.0 Å². The van der Waals surface area contributed by atoms with Crippen molar-refractivity contribution in [1.82, 2.24) is 29.9 Å². The Balaban J connectivity index is 1.69. The van der Waals surface area contributed by atoms with Crippen LogP contribution in [0.5, 0.6) is 0 Å². The molecule has 0 aliphatic rings. The molecule has 0 atom stereocenters. The number of halogens is 1. The quantitative estimate of drug-likeness (QED) is 0.562. The first kappa shape index (κ1) is 18.0. The van der Waals surface area contributed by atoms with E-state index in [0.29, 0.717) is 28.8 Å². The van der Waals surface area contributed by atoms with E-state index in [1.807, 2.05) is 24.3 Å². The molecule has 28 heavy (non-hydrogen) atoms. The lowest BCUT2D eigenvalue weighted by Gasteiger charge is -2.09. The van der Waals surface area contributed by atoms with Crippen molar-refractivity contribution in [2.45, 2.75) is 26.4 Å². The summed E-state index contributed by atoms with van der Waals surface area (Å²) in [5.74, 6) is 1.63. The molecule has 0 amide bonds. The van der Waals surface area contributed by atoms with Crippen LogP contribution in [0.3, 0.4) is 0 Å². The van der Waals surface area contributed by atoms with Crippen LogP contribution in [-0.4, -0.2) is 29.9 Å². The van der Waals surface area contributed by atoms with Crippen molar-refractivity contribution in [1.29, 1.82) is 0 Å². The fourth-order valence-electron chi connectivity index (χ4n) is 2.99. The van der Waals surface area contributed by atoms with Crippen molar-refractivity contribution < 1.29 is 4.39 Å². The van der Waals surface area contributed by atoms with Gasteiger partial charge in [-0.3, -0.25) is 9.67 Å². The Morgan fingerprint density at radius 2 is 1.96 bits per heavy atom. The minimum atomic E-state index is -0.631. The van der Waals surface area contributed by atoms with E-state index in [1.54, 1.807) is 30.3 Å². The van der Waals surface area contributed by atoms with Gasteiger partial charge in [-0.1, -0.05) is 13.8 Å². The van der Waals surface area contributed by atoms with Crippen molar-refractivity contribution in [2.24, 2.45) is 7.05 Å². The molecule has 4 aromatic rings. The maximum absolute atomic E-state index is 13.3. The fourth-order valence-corrected chi connectivity index (χ4v) is 2.99. The third-order valence-corrected chi connectivity index (χ3v) is 4.48. The molecule has 0 saturated carbocycles. The lowest BCUT2D eigenvalue weighted by molar-refractivity contribution is 0.472. The molecule has 8 heteroatoms. The summed E-state index contributed by atoms with van der Waals surface area (Å²) >= 11 is 0. The standard InChI is InChI=1S/C20H20FN7/c1-12(2)13-7-20(26-23-10-13)25-19-5-4-16-17(24-19)6-14(9-22-16)15-11-28(3)27-18(15)8-21/h4-7,9-12H,8H2,1-3H3,(H,24,25,26). The second kappa shape index (κ2) is 7.30. The van der Waals surface area contributed by atoms with Gasteiger partial charge in [-0.05, 0) is 35.7 Å². The summed E-state index contributed by atoms with van der Waals surface area (Å²) in [7, 11) is 1.77. The van der Waals surface area contributed by atoms with Gasteiger partial charge in [0.25, 0.3) is 0 Å². The topological polar surface area (TPSA) is 81.4 Å². The van der Waals surface area contributed by atoms with Gasteiger partial charge in [0, 0.05) is 30.6 Å². The minimum Gasteiger partial charge on any atom is -0.323 e. The number of nitrogens with one attached hydrogen (secondary N) is 1. The molecule has 0 bridgehead atoms. The van der Waals surface area contributed by atoms with Crippen LogP contribution < -0.4 is 5.32 Å². The summed E-state index contributed by atoms with van der Waals surface area (Å²) in [6, 6.07) is 7.57. The Bertz CT molecular complexity index is 1140. The second-order valence-electron chi connectivity index (χ2n) is 6.91. The van der Waals surface area contributed by atoms with Gasteiger partial charge in [0.2, 0.25) is 0 Å². The van der Waals surface area contributed by atoms with Gasteiger partial charge >= 0.3 is 0 Å². The highest BCUT2D eigenvalue weighted by Crippen LogP contribution is 2.26. The molecule has 7 nitrogen and oxygen atoms in total.